The third kappa shape index (κ3) is 2.24. The predicted molar refractivity (Wildman–Crippen MR) is 97.0 cm³/mol. The molecule has 0 aromatic heterocycles. The maximum atomic E-state index is 12.9. The Bertz CT molecular complexity index is 934. The van der Waals surface area contributed by atoms with Crippen LogP contribution in [0.5, 0.6) is 5.75 Å². The van der Waals surface area contributed by atoms with Crippen molar-refractivity contribution < 1.29 is 9.53 Å². The van der Waals surface area contributed by atoms with Crippen molar-refractivity contribution in [3.63, 3.8) is 0 Å². The van der Waals surface area contributed by atoms with E-state index in [9.17, 15) is 4.79 Å². The number of benzene rings is 3. The minimum absolute atomic E-state index is 0.0399. The average molecular weight is 338 g/mol. The van der Waals surface area contributed by atoms with Crippen molar-refractivity contribution in [1.29, 1.82) is 0 Å². The lowest BCUT2D eigenvalue weighted by Crippen LogP contribution is -2.25. The van der Waals surface area contributed by atoms with Crippen LogP contribution in [0.3, 0.4) is 0 Å². The van der Waals surface area contributed by atoms with Crippen molar-refractivity contribution >= 4 is 34.0 Å². The lowest BCUT2D eigenvalue weighted by molar-refractivity contribution is 0.0991. The summed E-state index contributed by atoms with van der Waals surface area (Å²) in [6, 6.07) is 17.6. The van der Waals surface area contributed by atoms with E-state index < -0.39 is 0 Å². The van der Waals surface area contributed by atoms with Crippen molar-refractivity contribution in [1.82, 2.24) is 0 Å². The highest BCUT2D eigenvalue weighted by Gasteiger charge is 2.30. The molecule has 1 aliphatic heterocycles. The Kier molecular flexibility index (Phi) is 3.66. The minimum Gasteiger partial charge on any atom is -0.497 e. The Labute approximate surface area is 145 Å². The monoisotopic (exact) mass is 337 g/mol. The smallest absolute Gasteiger partial charge is 0.259 e. The third-order valence-corrected chi connectivity index (χ3v) is 4.81. The van der Waals surface area contributed by atoms with E-state index in [1.165, 1.54) is 0 Å². The number of anilines is 1. The lowest BCUT2D eigenvalue weighted by Gasteiger charge is -2.18. The molecule has 0 spiro atoms. The molecular formula is C20H16ClNO2. The van der Waals surface area contributed by atoms with Crippen molar-refractivity contribution in [3.8, 4) is 5.75 Å². The van der Waals surface area contributed by atoms with Crippen LogP contribution >= 0.6 is 11.6 Å². The number of carbonyl (C=O) groups is 1. The minimum atomic E-state index is 0.0399. The van der Waals surface area contributed by atoms with E-state index in [1.54, 1.807) is 7.11 Å². The highest BCUT2D eigenvalue weighted by atomic mass is 35.5. The molecule has 1 aliphatic rings. The van der Waals surface area contributed by atoms with Gasteiger partial charge in [-0.15, -0.1) is 11.6 Å². The summed E-state index contributed by atoms with van der Waals surface area (Å²) in [5.41, 5.74) is 3.82. The molecule has 0 saturated heterocycles. The van der Waals surface area contributed by atoms with Gasteiger partial charge in [-0.1, -0.05) is 30.3 Å². The summed E-state index contributed by atoms with van der Waals surface area (Å²) in [6.07, 6.45) is 0. The molecule has 0 aliphatic carbocycles. The van der Waals surface area contributed by atoms with E-state index >= 15 is 0 Å². The van der Waals surface area contributed by atoms with Crippen LogP contribution in [0.2, 0.25) is 0 Å². The fourth-order valence-electron chi connectivity index (χ4n) is 3.29. The summed E-state index contributed by atoms with van der Waals surface area (Å²) in [7, 11) is 1.64. The predicted octanol–water partition coefficient (Wildman–Crippen LogP) is 4.75. The number of hydrogen-bond acceptors (Lipinski definition) is 2. The molecular weight excluding hydrogens is 322 g/mol. The second-order valence-corrected chi connectivity index (χ2v) is 6.11. The van der Waals surface area contributed by atoms with Gasteiger partial charge in [0.25, 0.3) is 5.91 Å². The summed E-state index contributed by atoms with van der Waals surface area (Å²) in [5, 5.41) is 2.07. The highest BCUT2D eigenvalue weighted by molar-refractivity contribution is 6.26. The van der Waals surface area contributed by atoms with Crippen LogP contribution in [0.1, 0.15) is 21.5 Å². The molecule has 4 heteroatoms. The van der Waals surface area contributed by atoms with Crippen molar-refractivity contribution in [3.05, 3.63) is 71.3 Å². The zero-order valence-corrected chi connectivity index (χ0v) is 14.0. The Morgan fingerprint density at radius 2 is 1.83 bits per heavy atom. The fourth-order valence-corrected chi connectivity index (χ4v) is 3.53. The number of alkyl halides is 1. The van der Waals surface area contributed by atoms with Gasteiger partial charge in [0.2, 0.25) is 0 Å². The number of amides is 1. The van der Waals surface area contributed by atoms with Gasteiger partial charge in [-0.05, 0) is 40.8 Å². The third-order valence-electron chi connectivity index (χ3n) is 4.52. The largest absolute Gasteiger partial charge is 0.497 e. The fraction of sp³-hybridized carbons (Fsp3) is 0.150. The van der Waals surface area contributed by atoms with Gasteiger partial charge >= 0.3 is 0 Å². The number of carbonyl (C=O) groups excluding carboxylic acids is 1. The summed E-state index contributed by atoms with van der Waals surface area (Å²) < 4.78 is 5.19. The molecule has 0 fully saturated rings. The van der Waals surface area contributed by atoms with Gasteiger partial charge < -0.3 is 9.64 Å². The summed E-state index contributed by atoms with van der Waals surface area (Å²) in [4.78, 5) is 14.7. The summed E-state index contributed by atoms with van der Waals surface area (Å²) in [6.45, 7) is 0.535. The molecule has 0 radical (unpaired) electrons. The van der Waals surface area contributed by atoms with Gasteiger partial charge in [0.05, 0.1) is 19.3 Å². The first-order chi connectivity index (χ1) is 11.7. The molecule has 1 amide bonds. The van der Waals surface area contributed by atoms with Crippen molar-refractivity contribution in [2.24, 2.45) is 0 Å². The van der Waals surface area contributed by atoms with Crippen LogP contribution in [0.25, 0.3) is 10.8 Å². The van der Waals surface area contributed by atoms with Crippen LogP contribution in [0, 0.1) is 0 Å². The molecule has 0 unspecified atom stereocenters. The van der Waals surface area contributed by atoms with E-state index in [-0.39, 0.29) is 5.91 Å². The van der Waals surface area contributed by atoms with Crippen LogP contribution < -0.4 is 9.64 Å². The van der Waals surface area contributed by atoms with Crippen molar-refractivity contribution in [2.75, 3.05) is 12.0 Å². The number of hydrogen-bond donors (Lipinski definition) is 0. The number of rotatable bonds is 4. The van der Waals surface area contributed by atoms with Crippen LogP contribution in [0.4, 0.5) is 5.69 Å². The Balaban J connectivity index is 1.77. The molecule has 3 aromatic carbocycles. The molecule has 0 N–H and O–H groups in total. The van der Waals surface area contributed by atoms with E-state index in [1.807, 2.05) is 59.5 Å². The zero-order chi connectivity index (χ0) is 16.7. The molecule has 0 atom stereocenters. The quantitative estimate of drug-likeness (QED) is 0.643. The van der Waals surface area contributed by atoms with Gasteiger partial charge in [-0.25, -0.2) is 0 Å². The maximum absolute atomic E-state index is 12.9. The second-order valence-electron chi connectivity index (χ2n) is 5.84. The molecule has 4 rings (SSSR count). The first-order valence-electron chi connectivity index (χ1n) is 7.78. The standard InChI is InChI=1S/C20H16ClNO2/c1-24-15-8-5-13(6-9-15)12-22-18-10-7-14(11-21)16-3-2-4-17(19(16)18)20(22)23/h2-10H,11-12H2,1H3. The van der Waals surface area contributed by atoms with Crippen LogP contribution in [-0.2, 0) is 12.4 Å². The van der Waals surface area contributed by atoms with E-state index in [2.05, 4.69) is 0 Å². The number of nitrogens with zero attached hydrogens (tertiary/aromatic N) is 1. The molecule has 3 nitrogen and oxygen atoms in total. The molecule has 3 aromatic rings. The molecule has 0 bridgehead atoms. The first kappa shape index (κ1) is 15.0. The van der Waals surface area contributed by atoms with Gasteiger partial charge in [0, 0.05) is 16.8 Å². The van der Waals surface area contributed by atoms with E-state index in [4.69, 9.17) is 16.3 Å². The number of methoxy groups -OCH3 is 1. The molecule has 24 heavy (non-hydrogen) atoms. The van der Waals surface area contributed by atoms with Gasteiger partial charge in [0.1, 0.15) is 5.75 Å². The second kappa shape index (κ2) is 5.84. The Hall–Kier alpha value is -2.52. The Morgan fingerprint density at radius 1 is 1.04 bits per heavy atom. The lowest BCUT2D eigenvalue weighted by atomic mass is 10.0. The highest BCUT2D eigenvalue weighted by Crippen LogP contribution is 2.40. The van der Waals surface area contributed by atoms with E-state index in [0.717, 1.165) is 38.9 Å². The van der Waals surface area contributed by atoms with E-state index in [0.29, 0.717) is 12.4 Å². The summed E-state index contributed by atoms with van der Waals surface area (Å²) in [5.74, 6) is 1.29. The van der Waals surface area contributed by atoms with Crippen LogP contribution in [-0.4, -0.2) is 13.0 Å². The SMILES string of the molecule is COc1ccc(CN2C(=O)c3cccc4c(CCl)ccc2c34)cc1. The van der Waals surface area contributed by atoms with Crippen molar-refractivity contribution in [2.45, 2.75) is 12.4 Å². The molecule has 120 valence electrons. The first-order valence-corrected chi connectivity index (χ1v) is 8.31. The average Bonchev–Trinajstić information content (AvgIpc) is 2.90. The van der Waals surface area contributed by atoms with Gasteiger partial charge in [-0.2, -0.15) is 0 Å². The van der Waals surface area contributed by atoms with Gasteiger partial charge in [0.15, 0.2) is 0 Å². The Morgan fingerprint density at radius 3 is 2.54 bits per heavy atom. The summed E-state index contributed by atoms with van der Waals surface area (Å²) >= 11 is 6.05. The molecule has 1 heterocycles. The normalized spacial score (nSPS) is 12.9. The molecule has 0 saturated carbocycles. The number of halogens is 1. The maximum Gasteiger partial charge on any atom is 0.259 e. The van der Waals surface area contributed by atoms with Crippen LogP contribution in [0.15, 0.2) is 54.6 Å². The topological polar surface area (TPSA) is 29.5 Å². The zero-order valence-electron chi connectivity index (χ0n) is 13.3. The number of ether oxygens (including phenoxy) is 1. The van der Waals surface area contributed by atoms with Gasteiger partial charge in [-0.3, -0.25) is 4.79 Å².